The fraction of sp³-hybridized carbons (Fsp3) is 0.200. The third kappa shape index (κ3) is 3.22. The first kappa shape index (κ1) is 19.6. The molecule has 2 aliphatic heterocycles. The number of amides is 2. The summed E-state index contributed by atoms with van der Waals surface area (Å²) in [6.07, 6.45) is 0. The van der Waals surface area contributed by atoms with Gasteiger partial charge in [0.1, 0.15) is 12.0 Å². The first-order chi connectivity index (χ1) is 13.9. The van der Waals surface area contributed by atoms with Crippen LogP contribution in [0, 0.1) is 5.92 Å². The fourth-order valence-electron chi connectivity index (χ4n) is 3.47. The van der Waals surface area contributed by atoms with Crippen molar-refractivity contribution < 1.29 is 19.1 Å². The van der Waals surface area contributed by atoms with E-state index in [9.17, 15) is 14.4 Å². The zero-order valence-corrected chi connectivity index (χ0v) is 17.6. The van der Waals surface area contributed by atoms with Crippen molar-refractivity contribution in [2.75, 3.05) is 16.5 Å². The number of hydrogen-bond donors (Lipinski definition) is 0. The van der Waals surface area contributed by atoms with E-state index < -0.39 is 29.7 Å². The quantitative estimate of drug-likeness (QED) is 0.499. The Labute approximate surface area is 180 Å². The van der Waals surface area contributed by atoms with Gasteiger partial charge in [-0.25, -0.2) is 9.69 Å². The number of imide groups is 1. The van der Waals surface area contributed by atoms with E-state index in [2.05, 4.69) is 21.0 Å². The lowest BCUT2D eigenvalue weighted by Gasteiger charge is -2.22. The normalized spacial score (nSPS) is 20.7. The molecule has 2 amide bonds. The average Bonchev–Trinajstić information content (AvgIpc) is 3.21. The SMILES string of the molecule is CCOC(=O)C1=NN(c2ccc(Br)cc2)[C@H]2C(=O)N(c3ccccc3Cl)C(=O)[C@H]12. The molecule has 9 heteroatoms. The number of nitrogens with zero attached hydrogens (tertiary/aromatic N) is 3. The van der Waals surface area contributed by atoms with Gasteiger partial charge in [0.15, 0.2) is 5.71 Å². The summed E-state index contributed by atoms with van der Waals surface area (Å²) in [4.78, 5) is 40.0. The van der Waals surface area contributed by atoms with Gasteiger partial charge in [0.25, 0.3) is 5.91 Å². The molecular formula is C20H15BrClN3O4. The molecule has 0 saturated carbocycles. The molecule has 2 aliphatic rings. The first-order valence-electron chi connectivity index (χ1n) is 8.86. The zero-order valence-electron chi connectivity index (χ0n) is 15.2. The highest BCUT2D eigenvalue weighted by Gasteiger charge is 2.59. The zero-order chi connectivity index (χ0) is 20.7. The van der Waals surface area contributed by atoms with Crippen molar-refractivity contribution in [3.05, 3.63) is 58.0 Å². The van der Waals surface area contributed by atoms with Gasteiger partial charge < -0.3 is 4.74 Å². The van der Waals surface area contributed by atoms with Crippen LogP contribution in [0.5, 0.6) is 0 Å². The smallest absolute Gasteiger partial charge is 0.355 e. The number of halogens is 2. The summed E-state index contributed by atoms with van der Waals surface area (Å²) >= 11 is 9.59. The predicted octanol–water partition coefficient (Wildman–Crippen LogP) is 3.40. The Morgan fingerprint density at radius 3 is 2.48 bits per heavy atom. The molecule has 1 fully saturated rings. The van der Waals surface area contributed by atoms with Crippen LogP contribution in [0.25, 0.3) is 0 Å². The van der Waals surface area contributed by atoms with E-state index in [1.54, 1.807) is 55.5 Å². The Balaban J connectivity index is 1.81. The second-order valence-corrected chi connectivity index (χ2v) is 7.74. The predicted molar refractivity (Wildman–Crippen MR) is 112 cm³/mol. The van der Waals surface area contributed by atoms with E-state index in [1.165, 1.54) is 5.01 Å². The van der Waals surface area contributed by atoms with Crippen molar-refractivity contribution in [3.8, 4) is 0 Å². The van der Waals surface area contributed by atoms with Crippen LogP contribution in [-0.2, 0) is 19.1 Å². The third-order valence-electron chi connectivity index (χ3n) is 4.72. The van der Waals surface area contributed by atoms with Crippen LogP contribution < -0.4 is 9.91 Å². The van der Waals surface area contributed by atoms with Gasteiger partial charge in [0.2, 0.25) is 5.91 Å². The topological polar surface area (TPSA) is 79.3 Å². The summed E-state index contributed by atoms with van der Waals surface area (Å²) < 4.78 is 5.92. The van der Waals surface area contributed by atoms with Crippen molar-refractivity contribution in [3.63, 3.8) is 0 Å². The largest absolute Gasteiger partial charge is 0.461 e. The number of fused-ring (bicyclic) bond motifs is 1. The highest BCUT2D eigenvalue weighted by molar-refractivity contribution is 9.10. The number of esters is 1. The number of benzene rings is 2. The van der Waals surface area contributed by atoms with Crippen LogP contribution >= 0.6 is 27.5 Å². The van der Waals surface area contributed by atoms with Gasteiger partial charge in [-0.05, 0) is 43.3 Å². The van der Waals surface area contributed by atoms with E-state index in [-0.39, 0.29) is 23.0 Å². The summed E-state index contributed by atoms with van der Waals surface area (Å²) in [6, 6.07) is 12.6. The molecule has 0 bridgehead atoms. The molecule has 29 heavy (non-hydrogen) atoms. The molecule has 0 spiro atoms. The summed E-state index contributed by atoms with van der Waals surface area (Å²) in [5.74, 6) is -2.84. The van der Waals surface area contributed by atoms with Crippen LogP contribution in [0.4, 0.5) is 11.4 Å². The van der Waals surface area contributed by atoms with E-state index in [4.69, 9.17) is 16.3 Å². The summed E-state index contributed by atoms with van der Waals surface area (Å²) in [5.41, 5.74) is 0.759. The van der Waals surface area contributed by atoms with Gasteiger partial charge in [-0.3, -0.25) is 14.6 Å². The second kappa shape index (κ2) is 7.61. The lowest BCUT2D eigenvalue weighted by Crippen LogP contribution is -2.39. The molecule has 2 heterocycles. The molecule has 2 atom stereocenters. The maximum atomic E-state index is 13.3. The highest BCUT2D eigenvalue weighted by Crippen LogP contribution is 2.40. The molecule has 7 nitrogen and oxygen atoms in total. The lowest BCUT2D eigenvalue weighted by atomic mass is 9.98. The number of carbonyl (C=O) groups excluding carboxylic acids is 3. The number of anilines is 2. The Morgan fingerprint density at radius 1 is 1.14 bits per heavy atom. The monoisotopic (exact) mass is 475 g/mol. The van der Waals surface area contributed by atoms with Crippen molar-refractivity contribution in [1.29, 1.82) is 0 Å². The maximum Gasteiger partial charge on any atom is 0.355 e. The minimum atomic E-state index is -1.07. The molecule has 0 unspecified atom stereocenters. The summed E-state index contributed by atoms with van der Waals surface area (Å²) in [6.45, 7) is 1.79. The van der Waals surface area contributed by atoms with Crippen LogP contribution in [0.3, 0.4) is 0 Å². The molecule has 0 aromatic heterocycles. The number of carbonyl (C=O) groups is 3. The number of para-hydroxylation sites is 1. The Morgan fingerprint density at radius 2 is 1.83 bits per heavy atom. The first-order valence-corrected chi connectivity index (χ1v) is 10.0. The summed E-state index contributed by atoms with van der Waals surface area (Å²) in [7, 11) is 0. The van der Waals surface area contributed by atoms with Gasteiger partial charge in [0.05, 0.1) is 23.0 Å². The number of hydrazone groups is 1. The second-order valence-electron chi connectivity index (χ2n) is 6.41. The van der Waals surface area contributed by atoms with Crippen LogP contribution in [0.15, 0.2) is 58.1 Å². The average molecular weight is 477 g/mol. The van der Waals surface area contributed by atoms with Crippen molar-refractivity contribution >= 4 is 62.4 Å². The van der Waals surface area contributed by atoms with Crippen LogP contribution in [0.1, 0.15) is 6.92 Å². The third-order valence-corrected chi connectivity index (χ3v) is 5.57. The van der Waals surface area contributed by atoms with E-state index in [1.807, 2.05) is 0 Å². The van der Waals surface area contributed by atoms with Gasteiger partial charge in [-0.15, -0.1) is 0 Å². The fourth-order valence-corrected chi connectivity index (χ4v) is 3.95. The Bertz CT molecular complexity index is 1040. The van der Waals surface area contributed by atoms with E-state index in [0.29, 0.717) is 5.69 Å². The molecule has 0 aliphatic carbocycles. The van der Waals surface area contributed by atoms with E-state index in [0.717, 1.165) is 9.37 Å². The molecule has 2 aromatic rings. The van der Waals surface area contributed by atoms with Gasteiger partial charge >= 0.3 is 5.97 Å². The van der Waals surface area contributed by atoms with Crippen molar-refractivity contribution in [2.24, 2.45) is 11.0 Å². The van der Waals surface area contributed by atoms with Crippen molar-refractivity contribution in [2.45, 2.75) is 13.0 Å². The minimum absolute atomic E-state index is 0.0901. The number of rotatable bonds is 4. The standard InChI is InChI=1S/C20H15BrClN3O4/c1-2-29-20(28)16-15-17(25(23-16)12-9-7-11(21)8-10-12)19(27)24(18(15)26)14-6-4-3-5-13(14)22/h3-10,15,17H,2H2,1H3/t15-,17-/m1/s1. The van der Waals surface area contributed by atoms with Gasteiger partial charge in [0, 0.05) is 4.47 Å². The molecule has 1 saturated heterocycles. The Hall–Kier alpha value is -2.71. The van der Waals surface area contributed by atoms with Gasteiger partial charge in [-0.2, -0.15) is 5.10 Å². The molecule has 148 valence electrons. The van der Waals surface area contributed by atoms with E-state index >= 15 is 0 Å². The van der Waals surface area contributed by atoms with Gasteiger partial charge in [-0.1, -0.05) is 39.7 Å². The maximum absolute atomic E-state index is 13.3. The molecule has 2 aromatic carbocycles. The van der Waals surface area contributed by atoms with Crippen LogP contribution in [0.2, 0.25) is 5.02 Å². The molecule has 0 radical (unpaired) electrons. The van der Waals surface area contributed by atoms with Crippen LogP contribution in [-0.4, -0.2) is 36.1 Å². The minimum Gasteiger partial charge on any atom is -0.461 e. The molecular weight excluding hydrogens is 462 g/mol. The number of ether oxygens (including phenoxy) is 1. The number of hydrogen-bond acceptors (Lipinski definition) is 6. The highest BCUT2D eigenvalue weighted by atomic mass is 79.9. The molecule has 0 N–H and O–H groups in total. The Kier molecular flexibility index (Phi) is 5.14. The van der Waals surface area contributed by atoms with Crippen molar-refractivity contribution in [1.82, 2.24) is 0 Å². The molecule has 4 rings (SSSR count). The summed E-state index contributed by atoms with van der Waals surface area (Å²) in [5, 5.41) is 5.97. The lowest BCUT2D eigenvalue weighted by molar-refractivity contribution is -0.136.